The minimum atomic E-state index is -0.324. The number of carbonyl (C=O) groups is 1. The van der Waals surface area contributed by atoms with Gasteiger partial charge in [-0.3, -0.25) is 4.79 Å². The molecule has 5 heterocycles. The molecule has 3 aliphatic rings. The Bertz CT molecular complexity index is 1340. The molecule has 38 heavy (non-hydrogen) atoms. The summed E-state index contributed by atoms with van der Waals surface area (Å²) < 4.78 is 24.0. The van der Waals surface area contributed by atoms with E-state index in [4.69, 9.17) is 26.4 Å². The number of aromatic nitrogens is 3. The van der Waals surface area contributed by atoms with Crippen LogP contribution in [0.2, 0.25) is 5.02 Å². The molecule has 2 aromatic heterocycles. The molecule has 2 bridgehead atoms. The fraction of sp³-hybridized carbons (Fsp3) is 0.536. The Balaban J connectivity index is 1.51. The minimum Gasteiger partial charge on any atom is -0.493 e. The van der Waals surface area contributed by atoms with Gasteiger partial charge < -0.3 is 19.4 Å². The third-order valence-corrected chi connectivity index (χ3v) is 8.20. The topological polar surface area (TPSA) is 66.2 Å². The Hall–Kier alpha value is -3.07. The first-order chi connectivity index (χ1) is 18.5. The Morgan fingerprint density at radius 3 is 2.66 bits per heavy atom. The molecule has 0 aliphatic carbocycles. The van der Waals surface area contributed by atoms with Crippen molar-refractivity contribution in [3.05, 3.63) is 46.4 Å². The number of hydrogen-bond acceptors (Lipinski definition) is 6. The SMILES string of the molecule is CCN1CCCCOc2ccc(Cl)cc2C(=O)N2CCCCC2c2cc3nc(N4CCCC4)c(F)c1n3n2. The lowest BCUT2D eigenvalue weighted by Gasteiger charge is -2.35. The summed E-state index contributed by atoms with van der Waals surface area (Å²) in [4.78, 5) is 24.7. The molecular weight excluding hydrogens is 507 g/mol. The molecule has 10 heteroatoms. The van der Waals surface area contributed by atoms with Crippen LogP contribution < -0.4 is 14.5 Å². The van der Waals surface area contributed by atoms with E-state index in [1.54, 1.807) is 22.7 Å². The lowest BCUT2D eigenvalue weighted by Crippen LogP contribution is -2.39. The maximum Gasteiger partial charge on any atom is 0.258 e. The Kier molecular flexibility index (Phi) is 7.03. The van der Waals surface area contributed by atoms with Crippen molar-refractivity contribution in [3.63, 3.8) is 0 Å². The average Bonchev–Trinajstić information content (AvgIpc) is 3.61. The van der Waals surface area contributed by atoms with Gasteiger partial charge in [-0.2, -0.15) is 14.0 Å². The second-order valence-corrected chi connectivity index (χ2v) is 10.8. The first-order valence-corrected chi connectivity index (χ1v) is 14.3. The molecule has 0 N–H and O–H groups in total. The Labute approximate surface area is 227 Å². The molecule has 3 aromatic rings. The van der Waals surface area contributed by atoms with Crippen LogP contribution in [0.25, 0.3) is 5.65 Å². The van der Waals surface area contributed by atoms with E-state index in [2.05, 4.69) is 4.90 Å². The predicted octanol–water partition coefficient (Wildman–Crippen LogP) is 5.49. The summed E-state index contributed by atoms with van der Waals surface area (Å²) in [5.41, 5.74) is 1.83. The van der Waals surface area contributed by atoms with Crippen molar-refractivity contribution in [3.8, 4) is 5.75 Å². The molecule has 1 unspecified atom stereocenters. The van der Waals surface area contributed by atoms with Crippen molar-refractivity contribution >= 4 is 34.8 Å². The first-order valence-electron chi connectivity index (χ1n) is 13.9. The highest BCUT2D eigenvalue weighted by molar-refractivity contribution is 6.31. The van der Waals surface area contributed by atoms with Gasteiger partial charge in [0.15, 0.2) is 17.3 Å². The largest absolute Gasteiger partial charge is 0.493 e. The summed E-state index contributed by atoms with van der Waals surface area (Å²) in [5, 5.41) is 5.42. The van der Waals surface area contributed by atoms with E-state index in [9.17, 15) is 4.79 Å². The number of nitrogens with zero attached hydrogens (tertiary/aromatic N) is 6. The lowest BCUT2D eigenvalue weighted by atomic mass is 9.98. The number of fused-ring (bicyclic) bond motifs is 4. The molecule has 3 aliphatic heterocycles. The third-order valence-electron chi connectivity index (χ3n) is 7.97. The molecular formula is C28H34ClFN6O2. The molecule has 202 valence electrons. The van der Waals surface area contributed by atoms with Crippen LogP contribution in [0.15, 0.2) is 24.3 Å². The van der Waals surface area contributed by atoms with Crippen LogP contribution >= 0.6 is 11.6 Å². The van der Waals surface area contributed by atoms with Crippen LogP contribution in [0.4, 0.5) is 16.0 Å². The zero-order valence-corrected chi connectivity index (χ0v) is 22.6. The Morgan fingerprint density at radius 1 is 1.05 bits per heavy atom. The van der Waals surface area contributed by atoms with E-state index in [1.165, 1.54) is 0 Å². The van der Waals surface area contributed by atoms with Crippen molar-refractivity contribution in [2.75, 3.05) is 49.1 Å². The molecule has 2 saturated heterocycles. The quantitative estimate of drug-likeness (QED) is 0.428. The highest BCUT2D eigenvalue weighted by Gasteiger charge is 2.34. The van der Waals surface area contributed by atoms with E-state index in [0.717, 1.165) is 63.7 Å². The van der Waals surface area contributed by atoms with Gasteiger partial charge in [-0.25, -0.2) is 4.98 Å². The first kappa shape index (κ1) is 25.2. The zero-order chi connectivity index (χ0) is 26.2. The summed E-state index contributed by atoms with van der Waals surface area (Å²) in [5.74, 6) is 0.955. The fourth-order valence-electron chi connectivity index (χ4n) is 5.98. The smallest absolute Gasteiger partial charge is 0.258 e. The second-order valence-electron chi connectivity index (χ2n) is 10.4. The lowest BCUT2D eigenvalue weighted by molar-refractivity contribution is 0.0601. The van der Waals surface area contributed by atoms with Crippen molar-refractivity contribution in [2.45, 2.75) is 57.9 Å². The average molecular weight is 541 g/mol. The Morgan fingerprint density at radius 2 is 1.84 bits per heavy atom. The van der Waals surface area contributed by atoms with Crippen LogP contribution in [-0.2, 0) is 0 Å². The van der Waals surface area contributed by atoms with Crippen molar-refractivity contribution < 1.29 is 13.9 Å². The minimum absolute atomic E-state index is 0.119. The number of rotatable bonds is 2. The van der Waals surface area contributed by atoms with E-state index < -0.39 is 0 Å². The van der Waals surface area contributed by atoms with Crippen molar-refractivity contribution in [1.82, 2.24) is 19.5 Å². The molecule has 1 atom stereocenters. The number of anilines is 2. The van der Waals surface area contributed by atoms with Gasteiger partial charge in [0, 0.05) is 43.8 Å². The van der Waals surface area contributed by atoms with Crippen LogP contribution in [0, 0.1) is 5.82 Å². The number of piperidine rings is 1. The van der Waals surface area contributed by atoms with Gasteiger partial charge in [-0.1, -0.05) is 11.6 Å². The van der Waals surface area contributed by atoms with Gasteiger partial charge in [0.1, 0.15) is 5.75 Å². The van der Waals surface area contributed by atoms with E-state index >= 15 is 4.39 Å². The van der Waals surface area contributed by atoms with Gasteiger partial charge in [-0.05, 0) is 70.1 Å². The third kappa shape index (κ3) is 4.55. The van der Waals surface area contributed by atoms with Gasteiger partial charge in [0.2, 0.25) is 5.82 Å². The molecule has 6 rings (SSSR count). The highest BCUT2D eigenvalue weighted by Crippen LogP contribution is 2.37. The predicted molar refractivity (Wildman–Crippen MR) is 146 cm³/mol. The number of carbonyl (C=O) groups excluding carboxylic acids is 1. The highest BCUT2D eigenvalue weighted by atomic mass is 35.5. The monoisotopic (exact) mass is 540 g/mol. The second kappa shape index (κ2) is 10.6. The van der Waals surface area contributed by atoms with E-state index in [1.807, 2.05) is 22.8 Å². The van der Waals surface area contributed by atoms with Crippen molar-refractivity contribution in [2.24, 2.45) is 0 Å². The zero-order valence-electron chi connectivity index (χ0n) is 21.8. The number of benzene rings is 1. The molecule has 8 nitrogen and oxygen atoms in total. The molecule has 0 saturated carbocycles. The number of halogens is 2. The summed E-state index contributed by atoms with van der Waals surface area (Å²) in [6, 6.07) is 6.93. The van der Waals surface area contributed by atoms with Gasteiger partial charge in [0.05, 0.1) is 23.9 Å². The van der Waals surface area contributed by atoms with Crippen LogP contribution in [-0.4, -0.2) is 64.7 Å². The summed E-state index contributed by atoms with van der Waals surface area (Å²) in [6.45, 7) is 6.01. The van der Waals surface area contributed by atoms with E-state index in [0.29, 0.717) is 59.9 Å². The number of ether oxygens (including phenoxy) is 1. The van der Waals surface area contributed by atoms with Crippen LogP contribution in [0.1, 0.15) is 74.0 Å². The summed E-state index contributed by atoms with van der Waals surface area (Å²) in [6.07, 6.45) is 6.31. The summed E-state index contributed by atoms with van der Waals surface area (Å²) >= 11 is 6.32. The molecule has 0 spiro atoms. The molecule has 1 amide bonds. The molecule has 2 fully saturated rings. The molecule has 0 radical (unpaired) electrons. The van der Waals surface area contributed by atoms with Crippen LogP contribution in [0.3, 0.4) is 0 Å². The van der Waals surface area contributed by atoms with Gasteiger partial charge in [-0.15, -0.1) is 0 Å². The molecule has 1 aromatic carbocycles. The number of hydrogen-bond donors (Lipinski definition) is 0. The summed E-state index contributed by atoms with van der Waals surface area (Å²) in [7, 11) is 0. The van der Waals surface area contributed by atoms with E-state index in [-0.39, 0.29) is 17.8 Å². The number of amides is 1. The standard InChI is InChI=1S/C28H34ClFN6O2/c1-2-33-12-7-8-16-38-23-11-10-19(29)17-20(23)28(37)35-15-4-3-9-22(35)21-18-24-31-26(34-13-5-6-14-34)25(30)27(33)36(24)32-21/h10-11,17-18,22H,2-9,12-16H2,1H3. The maximum absolute atomic E-state index is 16.2. The maximum atomic E-state index is 16.2. The van der Waals surface area contributed by atoms with Crippen molar-refractivity contribution in [1.29, 1.82) is 0 Å². The fourth-order valence-corrected chi connectivity index (χ4v) is 6.15. The van der Waals surface area contributed by atoms with Crippen LogP contribution in [0.5, 0.6) is 5.75 Å². The van der Waals surface area contributed by atoms with Gasteiger partial charge >= 0.3 is 0 Å². The normalized spacial score (nSPS) is 20.8. The van der Waals surface area contributed by atoms with Gasteiger partial charge in [0.25, 0.3) is 5.91 Å².